The predicted molar refractivity (Wildman–Crippen MR) is 80.8 cm³/mol. The third-order valence-electron chi connectivity index (χ3n) is 3.20. The van der Waals surface area contributed by atoms with E-state index in [1.807, 2.05) is 4.98 Å². The number of aliphatic hydroxyl groups excluding tert-OH is 2. The van der Waals surface area contributed by atoms with Crippen molar-refractivity contribution in [3.63, 3.8) is 0 Å². The maximum Gasteiger partial charge on any atom is 0.481 e. The van der Waals surface area contributed by atoms with Gasteiger partial charge in [-0.3, -0.25) is 18.9 Å². The van der Waals surface area contributed by atoms with Crippen molar-refractivity contribution in [2.75, 3.05) is 6.61 Å². The van der Waals surface area contributed by atoms with Crippen molar-refractivity contribution < 1.29 is 47.1 Å². The molecule has 2 unspecified atom stereocenters. The number of nitrogens with zero attached hydrogens (tertiary/aromatic N) is 1. The van der Waals surface area contributed by atoms with E-state index in [9.17, 15) is 33.8 Å². The molecule has 1 saturated heterocycles. The molecule has 26 heavy (non-hydrogen) atoms. The fraction of sp³-hybridized carbons (Fsp3) is 0.556. The number of H-pyrrole nitrogens is 1. The Balaban J connectivity index is 2.08. The summed E-state index contributed by atoms with van der Waals surface area (Å²) in [6, 6.07) is 0.967. The van der Waals surface area contributed by atoms with Gasteiger partial charge in [-0.15, -0.1) is 0 Å². The fourth-order valence-electron chi connectivity index (χ4n) is 2.07. The fourth-order valence-corrected chi connectivity index (χ4v) is 3.79. The van der Waals surface area contributed by atoms with Crippen LogP contribution >= 0.6 is 15.6 Å². The lowest BCUT2D eigenvalue weighted by molar-refractivity contribution is -0.0542. The standard InChI is InChI=1S/C9H13BN2O12P2/c10-23-26(19,20)24-25(17,18)21-3-4-6(14)7(15)8(22-4)12-2-1-5(13)11-9(12)16/h1-2,4,6-8,14-15H,3H2,(H,17,18)(H,19,20)(H,11,13,16)/t4-,6-,7-,8-/m1/s1. The number of hydrogen-bond donors (Lipinski definition) is 5. The molecule has 0 amide bonds. The van der Waals surface area contributed by atoms with E-state index in [1.165, 1.54) is 0 Å². The Morgan fingerprint density at radius 2 is 1.88 bits per heavy atom. The summed E-state index contributed by atoms with van der Waals surface area (Å²) >= 11 is 0. The van der Waals surface area contributed by atoms with Crippen LogP contribution in [0.4, 0.5) is 0 Å². The first-order valence-electron chi connectivity index (χ1n) is 6.69. The van der Waals surface area contributed by atoms with Gasteiger partial charge in [0, 0.05) is 12.3 Å². The van der Waals surface area contributed by atoms with Crippen LogP contribution in [0.25, 0.3) is 0 Å². The lowest BCUT2D eigenvalue weighted by Gasteiger charge is -2.18. The molecule has 0 aliphatic carbocycles. The molecule has 0 bridgehead atoms. The molecule has 1 aliphatic heterocycles. The third-order valence-corrected chi connectivity index (χ3v) is 5.60. The van der Waals surface area contributed by atoms with Gasteiger partial charge < -0.3 is 29.2 Å². The van der Waals surface area contributed by atoms with Gasteiger partial charge in [0.15, 0.2) is 6.23 Å². The minimum absolute atomic E-state index is 0.701. The molecule has 2 radical (unpaired) electrons. The Bertz CT molecular complexity index is 856. The topological polar surface area (TPSA) is 207 Å². The van der Waals surface area contributed by atoms with E-state index in [0.717, 1.165) is 16.8 Å². The molecule has 17 heteroatoms. The summed E-state index contributed by atoms with van der Waals surface area (Å²) < 4.78 is 40.1. The highest BCUT2D eigenvalue weighted by Crippen LogP contribution is 2.60. The predicted octanol–water partition coefficient (Wildman–Crippen LogP) is -2.51. The van der Waals surface area contributed by atoms with Gasteiger partial charge in [-0.25, -0.2) is 13.9 Å². The van der Waals surface area contributed by atoms with Gasteiger partial charge in [-0.2, -0.15) is 4.31 Å². The van der Waals surface area contributed by atoms with Gasteiger partial charge in [0.2, 0.25) is 0 Å². The van der Waals surface area contributed by atoms with Gasteiger partial charge in [-0.1, -0.05) is 0 Å². The molecule has 0 saturated carbocycles. The second-order valence-electron chi connectivity index (χ2n) is 4.98. The molecule has 0 aromatic carbocycles. The Hall–Kier alpha value is -1.12. The summed E-state index contributed by atoms with van der Waals surface area (Å²) in [7, 11) is -5.79. The summed E-state index contributed by atoms with van der Waals surface area (Å²) in [6.45, 7) is -0.884. The van der Waals surface area contributed by atoms with E-state index < -0.39 is 58.0 Å². The van der Waals surface area contributed by atoms with Crippen LogP contribution in [0.5, 0.6) is 0 Å². The maximum atomic E-state index is 11.7. The van der Waals surface area contributed by atoms with Crippen LogP contribution in [0.1, 0.15) is 6.23 Å². The highest BCUT2D eigenvalue weighted by Gasteiger charge is 2.45. The quantitative estimate of drug-likeness (QED) is 0.232. The zero-order chi connectivity index (χ0) is 19.7. The summed E-state index contributed by atoms with van der Waals surface area (Å²) in [5.41, 5.74) is -1.64. The molecule has 0 spiro atoms. The normalized spacial score (nSPS) is 30.6. The average molecular weight is 414 g/mol. The van der Waals surface area contributed by atoms with Crippen molar-refractivity contribution in [3.05, 3.63) is 33.1 Å². The highest BCUT2D eigenvalue weighted by atomic mass is 31.3. The minimum atomic E-state index is -5.14. The smallest absolute Gasteiger partial charge is 0.387 e. The summed E-state index contributed by atoms with van der Waals surface area (Å²) in [6.07, 6.45) is -5.22. The van der Waals surface area contributed by atoms with E-state index in [0.29, 0.717) is 0 Å². The second kappa shape index (κ2) is 7.86. The van der Waals surface area contributed by atoms with Gasteiger partial charge in [0.1, 0.15) is 18.3 Å². The SMILES string of the molecule is [B]OP(=O)(O)OP(=O)(O)OC[C@H]1O[C@@H](n2ccc(=O)[nH]c2=O)[C@H](O)[C@@H]1O. The Kier molecular flexibility index (Phi) is 6.41. The number of ether oxygens (including phenoxy) is 1. The first-order chi connectivity index (χ1) is 12.0. The minimum Gasteiger partial charge on any atom is -0.387 e. The molecule has 14 nitrogen and oxygen atoms in total. The maximum absolute atomic E-state index is 11.7. The van der Waals surface area contributed by atoms with Crippen molar-refractivity contribution >= 4 is 23.7 Å². The summed E-state index contributed by atoms with van der Waals surface area (Å²) in [5, 5.41) is 19.9. The molecule has 1 aromatic rings. The van der Waals surface area contributed by atoms with Crippen LogP contribution in [0.2, 0.25) is 0 Å². The molecular weight excluding hydrogens is 401 g/mol. The van der Waals surface area contributed by atoms with Gasteiger partial charge in [0.05, 0.1) is 6.61 Å². The number of aromatic amines is 1. The van der Waals surface area contributed by atoms with Gasteiger partial charge in [-0.05, 0) is 0 Å². The van der Waals surface area contributed by atoms with Crippen LogP contribution in [0.3, 0.4) is 0 Å². The Morgan fingerprint density at radius 1 is 1.23 bits per heavy atom. The third kappa shape index (κ3) is 4.99. The summed E-state index contributed by atoms with van der Waals surface area (Å²) in [5.74, 6) is 0. The molecule has 1 aromatic heterocycles. The number of hydrogen-bond acceptors (Lipinski definition) is 10. The van der Waals surface area contributed by atoms with E-state index >= 15 is 0 Å². The monoisotopic (exact) mass is 414 g/mol. The molecule has 144 valence electrons. The van der Waals surface area contributed by atoms with Crippen LogP contribution in [0, 0.1) is 0 Å². The zero-order valence-electron chi connectivity index (χ0n) is 12.6. The largest absolute Gasteiger partial charge is 0.481 e. The van der Waals surface area contributed by atoms with Gasteiger partial charge >= 0.3 is 21.3 Å². The molecule has 5 N–H and O–H groups in total. The van der Waals surface area contributed by atoms with Crippen LogP contribution in [-0.4, -0.2) is 62.5 Å². The second-order valence-corrected chi connectivity index (χ2v) is 7.98. The van der Waals surface area contributed by atoms with Crippen LogP contribution in [0.15, 0.2) is 21.9 Å². The Labute approximate surface area is 145 Å². The zero-order valence-corrected chi connectivity index (χ0v) is 14.4. The van der Waals surface area contributed by atoms with Gasteiger partial charge in [0.25, 0.3) is 13.6 Å². The molecule has 2 heterocycles. The van der Waals surface area contributed by atoms with Crippen molar-refractivity contribution in [1.82, 2.24) is 9.55 Å². The number of nitrogens with one attached hydrogen (secondary N) is 1. The molecule has 2 rings (SSSR count). The average Bonchev–Trinajstić information content (AvgIpc) is 2.80. The van der Waals surface area contributed by atoms with E-state index in [4.69, 9.17) is 9.63 Å². The first-order valence-corrected chi connectivity index (χ1v) is 9.68. The van der Waals surface area contributed by atoms with Crippen LogP contribution in [-0.2, 0) is 27.1 Å². The van der Waals surface area contributed by atoms with Crippen molar-refractivity contribution in [3.8, 4) is 0 Å². The summed E-state index contributed by atoms with van der Waals surface area (Å²) in [4.78, 5) is 42.8. The Morgan fingerprint density at radius 3 is 2.46 bits per heavy atom. The number of aliphatic hydroxyl groups is 2. The number of aromatic nitrogens is 2. The van der Waals surface area contributed by atoms with E-state index in [-0.39, 0.29) is 0 Å². The van der Waals surface area contributed by atoms with Crippen molar-refractivity contribution in [2.24, 2.45) is 0 Å². The molecule has 6 atom stereocenters. The first kappa shape index (κ1) is 21.2. The number of phosphoric ester groups is 1. The highest BCUT2D eigenvalue weighted by molar-refractivity contribution is 7.61. The lowest BCUT2D eigenvalue weighted by Crippen LogP contribution is -2.37. The van der Waals surface area contributed by atoms with Crippen LogP contribution < -0.4 is 11.2 Å². The number of rotatable bonds is 7. The van der Waals surface area contributed by atoms with E-state index in [2.05, 4.69) is 21.3 Å². The lowest BCUT2D eigenvalue weighted by atomic mass is 10.1. The number of phosphoric acid groups is 2. The molecular formula is C9H13BN2O12P2. The molecule has 1 fully saturated rings. The van der Waals surface area contributed by atoms with Crippen molar-refractivity contribution in [2.45, 2.75) is 24.5 Å². The molecule has 1 aliphatic rings. The van der Waals surface area contributed by atoms with Crippen molar-refractivity contribution in [1.29, 1.82) is 0 Å². The van der Waals surface area contributed by atoms with E-state index in [1.54, 1.807) is 0 Å².